The molecule has 2 fully saturated rings. The van der Waals surface area contributed by atoms with E-state index in [1.165, 1.54) is 11.1 Å². The molecule has 0 saturated heterocycles. The van der Waals surface area contributed by atoms with Gasteiger partial charge < -0.3 is 5.11 Å². The highest BCUT2D eigenvalue weighted by Crippen LogP contribution is 2.62. The zero-order chi connectivity index (χ0) is 26.6. The van der Waals surface area contributed by atoms with E-state index >= 15 is 8.78 Å². The Labute approximate surface area is 217 Å². The molecule has 3 aliphatic carbocycles. The Morgan fingerprint density at radius 1 is 1.11 bits per heavy atom. The fraction of sp³-hybridized carbons (Fsp3) is 0.710. The lowest BCUT2D eigenvalue weighted by Crippen LogP contribution is -2.44. The van der Waals surface area contributed by atoms with Crippen LogP contribution >= 0.6 is 0 Å². The molecule has 1 N–H and O–H groups in total. The Morgan fingerprint density at radius 2 is 1.75 bits per heavy atom. The minimum absolute atomic E-state index is 0.00926. The molecule has 198 valence electrons. The van der Waals surface area contributed by atoms with Gasteiger partial charge in [-0.05, 0) is 89.7 Å². The van der Waals surface area contributed by atoms with Crippen LogP contribution in [0.3, 0.4) is 0 Å². The lowest BCUT2D eigenvalue weighted by molar-refractivity contribution is -0.141. The van der Waals surface area contributed by atoms with Crippen LogP contribution in [-0.4, -0.2) is 24.9 Å². The molecule has 0 amide bonds. The first-order chi connectivity index (χ1) is 16.8. The van der Waals surface area contributed by atoms with Crippen LogP contribution in [0, 0.1) is 34.6 Å². The van der Waals surface area contributed by atoms with Gasteiger partial charge in [-0.3, -0.25) is 4.79 Å². The summed E-state index contributed by atoms with van der Waals surface area (Å²) in [5.74, 6) is -0.770. The van der Waals surface area contributed by atoms with Gasteiger partial charge in [0.2, 0.25) is 0 Å². The maximum absolute atomic E-state index is 15.7. The first-order valence-electron chi connectivity index (χ1n) is 14.0. The Hall–Kier alpha value is -1.67. The monoisotopic (exact) mass is 514 g/mol. The quantitative estimate of drug-likeness (QED) is 0.317. The Morgan fingerprint density at radius 3 is 2.36 bits per heavy atom. The number of hydrogen-bond donors (Lipinski definition) is 1. The molecule has 5 atom stereocenters. The van der Waals surface area contributed by atoms with Crippen molar-refractivity contribution in [2.45, 2.75) is 115 Å². The topological polar surface area (TPSA) is 37.3 Å². The summed E-state index contributed by atoms with van der Waals surface area (Å²) in [6.07, 6.45) is 3.02. The van der Waals surface area contributed by atoms with Gasteiger partial charge in [0.25, 0.3) is 5.92 Å². The van der Waals surface area contributed by atoms with Gasteiger partial charge in [0.05, 0.1) is 12.3 Å². The van der Waals surface area contributed by atoms with E-state index in [9.17, 15) is 9.90 Å². The fourth-order valence-electron chi connectivity index (χ4n) is 8.62. The number of benzene rings is 1. The molecule has 0 radical (unpaired) electrons. The van der Waals surface area contributed by atoms with Crippen LogP contribution < -0.4 is 0 Å². The van der Waals surface area contributed by atoms with E-state index in [1.807, 2.05) is 19.1 Å². The summed E-state index contributed by atoms with van der Waals surface area (Å²) in [6, 6.07) is 5.60. The number of hydrogen-bond acceptors (Lipinski definition) is 2. The summed E-state index contributed by atoms with van der Waals surface area (Å²) in [4.78, 5) is 13.6. The van der Waals surface area contributed by atoms with Crippen molar-refractivity contribution in [2.75, 3.05) is 0 Å². The zero-order valence-corrected chi connectivity index (χ0v) is 24.1. The fourth-order valence-corrected chi connectivity index (χ4v) is 13.9. The van der Waals surface area contributed by atoms with Crippen LogP contribution in [-0.2, 0) is 11.2 Å². The minimum atomic E-state index is -3.09. The van der Waals surface area contributed by atoms with Crippen molar-refractivity contribution in [1.82, 2.24) is 0 Å². The molecule has 5 heteroatoms. The van der Waals surface area contributed by atoms with Gasteiger partial charge in [-0.1, -0.05) is 54.5 Å². The number of Topliss-reactive ketones (excluding diaryl/α,β-unsaturated/α-hetero) is 1. The second-order valence-corrected chi connectivity index (χ2v) is 18.6. The SMILES string of the molecule is CC(C)[Si](C#CCC(F)(F)[C@@H]1C[C@H]2[C@@H]3CCc4cc(O)ccc4[C@H]3CC[C@]2(C)C1=O)(C(C)C)C(C)C. The number of rotatable bonds is 5. The Bertz CT molecular complexity index is 1040. The maximum Gasteiger partial charge on any atom is 0.268 e. The van der Waals surface area contributed by atoms with Crippen LogP contribution in [0.5, 0.6) is 5.75 Å². The average Bonchev–Trinajstić information content (AvgIpc) is 3.07. The van der Waals surface area contributed by atoms with Crippen molar-refractivity contribution in [3.63, 3.8) is 0 Å². The first-order valence-corrected chi connectivity index (χ1v) is 16.2. The smallest absolute Gasteiger partial charge is 0.268 e. The molecule has 1 aromatic carbocycles. The van der Waals surface area contributed by atoms with E-state index in [0.717, 1.165) is 19.3 Å². The van der Waals surface area contributed by atoms with Crippen molar-refractivity contribution < 1.29 is 18.7 Å². The lowest BCUT2D eigenvalue weighted by Gasteiger charge is -2.48. The van der Waals surface area contributed by atoms with Gasteiger partial charge in [0, 0.05) is 5.41 Å². The van der Waals surface area contributed by atoms with Crippen molar-refractivity contribution >= 4 is 13.9 Å². The third-order valence-electron chi connectivity index (χ3n) is 10.5. The number of halogens is 2. The predicted molar refractivity (Wildman–Crippen MR) is 145 cm³/mol. The number of phenolic OH excluding ortho intramolecular Hbond substituents is 1. The normalized spacial score (nSPS) is 30.2. The van der Waals surface area contributed by atoms with Gasteiger partial charge >= 0.3 is 0 Å². The molecular weight excluding hydrogens is 470 g/mol. The lowest BCUT2D eigenvalue weighted by atomic mass is 9.55. The summed E-state index contributed by atoms with van der Waals surface area (Å²) in [5.41, 5.74) is 6.37. The highest BCUT2D eigenvalue weighted by Gasteiger charge is 2.63. The van der Waals surface area contributed by atoms with E-state index in [2.05, 4.69) is 53.0 Å². The molecule has 1 aromatic rings. The number of ketones is 1. The highest BCUT2D eigenvalue weighted by atomic mass is 28.3. The number of phenols is 1. The summed E-state index contributed by atoms with van der Waals surface area (Å²) in [6.45, 7) is 15.1. The van der Waals surface area contributed by atoms with E-state index in [-0.39, 0.29) is 29.8 Å². The molecule has 0 aliphatic heterocycles. The van der Waals surface area contributed by atoms with Gasteiger partial charge in [-0.15, -0.1) is 11.5 Å². The molecule has 3 aliphatic rings. The summed E-state index contributed by atoms with van der Waals surface area (Å²) < 4.78 is 31.5. The van der Waals surface area contributed by atoms with Crippen LogP contribution in [0.4, 0.5) is 8.78 Å². The number of carbonyl (C=O) groups excluding carboxylic acids is 1. The van der Waals surface area contributed by atoms with E-state index in [0.29, 0.717) is 29.0 Å². The highest BCUT2D eigenvalue weighted by molar-refractivity contribution is 6.90. The molecule has 0 heterocycles. The van der Waals surface area contributed by atoms with Gasteiger partial charge in [0.15, 0.2) is 0 Å². The molecule has 0 bridgehead atoms. The third-order valence-corrected chi connectivity index (χ3v) is 16.8. The Kier molecular flexibility index (Phi) is 7.27. The predicted octanol–water partition coefficient (Wildman–Crippen LogP) is 8.29. The third kappa shape index (κ3) is 4.26. The summed E-state index contributed by atoms with van der Waals surface area (Å²) in [7, 11) is -2.09. The number of aromatic hydroxyl groups is 1. The number of carbonyl (C=O) groups is 1. The molecular formula is C31H44F2O2Si. The van der Waals surface area contributed by atoms with Gasteiger partial charge in [-0.2, -0.15) is 0 Å². The minimum Gasteiger partial charge on any atom is -0.508 e. The van der Waals surface area contributed by atoms with E-state index in [4.69, 9.17) is 0 Å². The van der Waals surface area contributed by atoms with Gasteiger partial charge in [-0.25, -0.2) is 8.78 Å². The van der Waals surface area contributed by atoms with Crippen LogP contribution in [0.2, 0.25) is 16.6 Å². The molecule has 2 nitrogen and oxygen atoms in total. The zero-order valence-electron chi connectivity index (χ0n) is 23.1. The van der Waals surface area contributed by atoms with Crippen LogP contribution in [0.25, 0.3) is 0 Å². The van der Waals surface area contributed by atoms with Crippen LogP contribution in [0.1, 0.15) is 97.6 Å². The standard InChI is InChI=1S/C31H44F2O2Si/c1-19(2)36(20(3)4,21(5)6)16-8-14-31(32,33)28-18-27-26-11-9-22-17-23(34)10-12-24(22)25(26)13-15-30(27,7)29(28)35/h10,12,17,19-21,25-28,34H,9,11,13-15,18H2,1-7H3/t25-,26-,27+,28-,30+/m1/s1. The van der Waals surface area contributed by atoms with Crippen molar-refractivity contribution in [3.05, 3.63) is 29.3 Å². The first kappa shape index (κ1) is 27.4. The van der Waals surface area contributed by atoms with Gasteiger partial charge in [0.1, 0.15) is 19.6 Å². The maximum atomic E-state index is 15.7. The second kappa shape index (κ2) is 9.57. The summed E-state index contributed by atoms with van der Waals surface area (Å²) in [5, 5.41) is 9.91. The van der Waals surface area contributed by atoms with E-state index < -0.39 is 31.8 Å². The second-order valence-electron chi connectivity index (χ2n) is 13.0. The summed E-state index contributed by atoms with van der Waals surface area (Å²) >= 11 is 0. The van der Waals surface area contributed by atoms with Crippen molar-refractivity contribution in [2.24, 2.45) is 23.2 Å². The molecule has 0 unspecified atom stereocenters. The number of fused-ring (bicyclic) bond motifs is 5. The number of aryl methyl sites for hydroxylation is 1. The van der Waals surface area contributed by atoms with E-state index in [1.54, 1.807) is 6.07 Å². The molecule has 4 rings (SSSR count). The van der Waals surface area contributed by atoms with Crippen molar-refractivity contribution in [1.29, 1.82) is 0 Å². The largest absolute Gasteiger partial charge is 0.508 e. The number of alkyl halides is 2. The molecule has 0 spiro atoms. The van der Waals surface area contributed by atoms with Crippen LogP contribution in [0.15, 0.2) is 18.2 Å². The molecule has 0 aromatic heterocycles. The average molecular weight is 515 g/mol. The Balaban J connectivity index is 1.58. The van der Waals surface area contributed by atoms with Crippen molar-refractivity contribution in [3.8, 4) is 17.2 Å². The molecule has 2 saturated carbocycles. The molecule has 36 heavy (non-hydrogen) atoms.